The standard InChI is InChI=1S/C19H14ClN3O3S/c1-25-14-9-15-18(11-5-4-8-21-17(11)14)23-19(27-15)22-16(24)10-26-13-7-3-2-6-12(13)20/h2-9H,10H2,1H3,(H,22,23,24). The lowest BCUT2D eigenvalue weighted by Gasteiger charge is -2.06. The van der Waals surface area contributed by atoms with E-state index in [4.69, 9.17) is 21.1 Å². The van der Waals surface area contributed by atoms with E-state index in [1.165, 1.54) is 11.3 Å². The molecule has 0 unspecified atom stereocenters. The quantitative estimate of drug-likeness (QED) is 0.534. The Balaban J connectivity index is 1.56. The molecular formula is C19H14ClN3O3S. The second-order valence-corrected chi connectivity index (χ2v) is 7.05. The van der Waals surface area contributed by atoms with Crippen molar-refractivity contribution >= 4 is 55.1 Å². The molecule has 0 radical (unpaired) electrons. The lowest BCUT2D eigenvalue weighted by atomic mass is 10.2. The van der Waals surface area contributed by atoms with E-state index in [1.807, 2.05) is 18.2 Å². The number of hydrogen-bond donors (Lipinski definition) is 1. The van der Waals surface area contributed by atoms with Crippen LogP contribution in [0.2, 0.25) is 5.02 Å². The maximum atomic E-state index is 12.2. The molecule has 1 amide bonds. The predicted octanol–water partition coefficient (Wildman–Crippen LogP) is 4.52. The Kier molecular flexibility index (Phi) is 4.79. The first-order valence-electron chi connectivity index (χ1n) is 8.05. The van der Waals surface area contributed by atoms with Crippen LogP contribution in [-0.2, 0) is 4.79 Å². The Morgan fingerprint density at radius 1 is 1.19 bits per heavy atom. The first-order chi connectivity index (χ1) is 13.2. The Bertz CT molecular complexity index is 1150. The topological polar surface area (TPSA) is 73.3 Å². The van der Waals surface area contributed by atoms with E-state index in [9.17, 15) is 4.79 Å². The number of thiazole rings is 1. The van der Waals surface area contributed by atoms with Crippen LogP contribution in [0.3, 0.4) is 0 Å². The highest BCUT2D eigenvalue weighted by molar-refractivity contribution is 7.22. The van der Waals surface area contributed by atoms with Crippen LogP contribution in [-0.4, -0.2) is 29.6 Å². The van der Waals surface area contributed by atoms with Crippen LogP contribution >= 0.6 is 22.9 Å². The monoisotopic (exact) mass is 399 g/mol. The summed E-state index contributed by atoms with van der Waals surface area (Å²) in [7, 11) is 1.60. The summed E-state index contributed by atoms with van der Waals surface area (Å²) in [4.78, 5) is 21.1. The number of benzene rings is 2. The molecule has 0 spiro atoms. The molecule has 0 saturated heterocycles. The van der Waals surface area contributed by atoms with Crippen molar-refractivity contribution in [3.05, 3.63) is 53.7 Å². The molecule has 4 aromatic rings. The summed E-state index contributed by atoms with van der Waals surface area (Å²) in [5.74, 6) is 0.811. The Labute approximate surface area is 163 Å². The molecule has 0 aliphatic rings. The van der Waals surface area contributed by atoms with E-state index in [0.29, 0.717) is 21.7 Å². The number of amides is 1. The van der Waals surface area contributed by atoms with E-state index in [-0.39, 0.29) is 12.5 Å². The van der Waals surface area contributed by atoms with Gasteiger partial charge in [-0.15, -0.1) is 0 Å². The molecule has 136 valence electrons. The number of para-hydroxylation sites is 1. The fraction of sp³-hybridized carbons (Fsp3) is 0.105. The highest BCUT2D eigenvalue weighted by Crippen LogP contribution is 2.36. The van der Waals surface area contributed by atoms with Gasteiger partial charge in [0.05, 0.1) is 22.3 Å². The molecule has 2 aromatic heterocycles. The van der Waals surface area contributed by atoms with Crippen molar-refractivity contribution < 1.29 is 14.3 Å². The smallest absolute Gasteiger partial charge is 0.264 e. The SMILES string of the molecule is COc1cc2sc(NC(=O)COc3ccccc3Cl)nc2c2cccnc12. The van der Waals surface area contributed by atoms with Crippen molar-refractivity contribution in [1.82, 2.24) is 9.97 Å². The summed E-state index contributed by atoms with van der Waals surface area (Å²) in [5.41, 5.74) is 1.50. The number of rotatable bonds is 5. The number of methoxy groups -OCH3 is 1. The molecule has 6 nitrogen and oxygen atoms in total. The number of fused-ring (bicyclic) bond motifs is 3. The zero-order chi connectivity index (χ0) is 18.8. The minimum absolute atomic E-state index is 0.161. The molecule has 1 N–H and O–H groups in total. The zero-order valence-corrected chi connectivity index (χ0v) is 15.8. The Morgan fingerprint density at radius 3 is 2.85 bits per heavy atom. The number of pyridine rings is 1. The molecular weight excluding hydrogens is 386 g/mol. The number of halogens is 1. The van der Waals surface area contributed by atoms with E-state index in [1.54, 1.807) is 37.6 Å². The molecule has 0 fully saturated rings. The normalized spacial score (nSPS) is 10.9. The van der Waals surface area contributed by atoms with Crippen LogP contribution in [0.1, 0.15) is 0 Å². The number of nitrogens with one attached hydrogen (secondary N) is 1. The van der Waals surface area contributed by atoms with Crippen LogP contribution in [0.4, 0.5) is 5.13 Å². The molecule has 0 saturated carbocycles. The van der Waals surface area contributed by atoms with Crippen molar-refractivity contribution in [2.45, 2.75) is 0 Å². The molecule has 0 aliphatic carbocycles. The highest BCUT2D eigenvalue weighted by atomic mass is 35.5. The number of anilines is 1. The van der Waals surface area contributed by atoms with E-state index >= 15 is 0 Å². The minimum atomic E-state index is -0.316. The van der Waals surface area contributed by atoms with Crippen molar-refractivity contribution in [2.24, 2.45) is 0 Å². The van der Waals surface area contributed by atoms with E-state index < -0.39 is 0 Å². The molecule has 4 rings (SSSR count). The summed E-state index contributed by atoms with van der Waals surface area (Å²) in [6.07, 6.45) is 1.71. The molecule has 27 heavy (non-hydrogen) atoms. The largest absolute Gasteiger partial charge is 0.494 e. The van der Waals surface area contributed by atoms with Crippen LogP contribution in [0, 0.1) is 0 Å². The number of carbonyl (C=O) groups is 1. The first-order valence-corrected chi connectivity index (χ1v) is 9.24. The van der Waals surface area contributed by atoms with Crippen LogP contribution in [0.5, 0.6) is 11.5 Å². The molecule has 0 atom stereocenters. The average Bonchev–Trinajstić information content (AvgIpc) is 3.09. The number of aromatic nitrogens is 2. The van der Waals surface area contributed by atoms with Gasteiger partial charge in [-0.05, 0) is 24.3 Å². The van der Waals surface area contributed by atoms with Gasteiger partial charge in [-0.1, -0.05) is 35.1 Å². The average molecular weight is 400 g/mol. The van der Waals surface area contributed by atoms with Gasteiger partial charge in [-0.2, -0.15) is 0 Å². The second kappa shape index (κ2) is 7.38. The van der Waals surface area contributed by atoms with Gasteiger partial charge in [-0.25, -0.2) is 4.98 Å². The number of hydrogen-bond acceptors (Lipinski definition) is 6. The van der Waals surface area contributed by atoms with E-state index in [2.05, 4.69) is 15.3 Å². The van der Waals surface area contributed by atoms with Gasteiger partial charge in [0.15, 0.2) is 11.7 Å². The number of ether oxygens (including phenoxy) is 2. The van der Waals surface area contributed by atoms with Gasteiger partial charge in [0, 0.05) is 17.6 Å². The summed E-state index contributed by atoms with van der Waals surface area (Å²) in [6.45, 7) is -0.161. The van der Waals surface area contributed by atoms with Gasteiger partial charge in [0.1, 0.15) is 17.0 Å². The summed E-state index contributed by atoms with van der Waals surface area (Å²) < 4.78 is 11.8. The lowest BCUT2D eigenvalue weighted by Crippen LogP contribution is -2.20. The van der Waals surface area contributed by atoms with Gasteiger partial charge in [0.25, 0.3) is 5.91 Å². The lowest BCUT2D eigenvalue weighted by molar-refractivity contribution is -0.118. The van der Waals surface area contributed by atoms with Gasteiger partial charge < -0.3 is 9.47 Å². The number of carbonyl (C=O) groups excluding carboxylic acids is 1. The third kappa shape index (κ3) is 3.51. The fourth-order valence-electron chi connectivity index (χ4n) is 2.67. The number of nitrogens with zero attached hydrogens (tertiary/aromatic N) is 2. The van der Waals surface area contributed by atoms with Gasteiger partial charge >= 0.3 is 0 Å². The predicted molar refractivity (Wildman–Crippen MR) is 107 cm³/mol. The Hall–Kier alpha value is -2.90. The summed E-state index contributed by atoms with van der Waals surface area (Å²) >= 11 is 7.38. The van der Waals surface area contributed by atoms with Crippen LogP contribution in [0.15, 0.2) is 48.7 Å². The molecule has 2 aromatic carbocycles. The first kappa shape index (κ1) is 17.5. The summed E-state index contributed by atoms with van der Waals surface area (Å²) in [6, 6.07) is 12.6. The summed E-state index contributed by atoms with van der Waals surface area (Å²) in [5, 5.41) is 4.57. The van der Waals surface area contributed by atoms with E-state index in [0.717, 1.165) is 21.1 Å². The van der Waals surface area contributed by atoms with Crippen molar-refractivity contribution in [1.29, 1.82) is 0 Å². The van der Waals surface area contributed by atoms with Crippen molar-refractivity contribution in [3.8, 4) is 11.5 Å². The minimum Gasteiger partial charge on any atom is -0.494 e. The molecule has 0 bridgehead atoms. The van der Waals surface area contributed by atoms with Gasteiger partial charge in [0.2, 0.25) is 0 Å². The van der Waals surface area contributed by atoms with Crippen molar-refractivity contribution in [3.63, 3.8) is 0 Å². The Morgan fingerprint density at radius 2 is 2.04 bits per heavy atom. The third-order valence-electron chi connectivity index (χ3n) is 3.87. The maximum Gasteiger partial charge on any atom is 0.264 e. The highest BCUT2D eigenvalue weighted by Gasteiger charge is 2.14. The van der Waals surface area contributed by atoms with Gasteiger partial charge in [-0.3, -0.25) is 15.1 Å². The van der Waals surface area contributed by atoms with Crippen LogP contribution in [0.25, 0.3) is 21.1 Å². The molecule has 8 heteroatoms. The molecule has 0 aliphatic heterocycles. The fourth-order valence-corrected chi connectivity index (χ4v) is 3.79. The van der Waals surface area contributed by atoms with Crippen LogP contribution < -0.4 is 14.8 Å². The third-order valence-corrected chi connectivity index (χ3v) is 5.10. The van der Waals surface area contributed by atoms with Crippen molar-refractivity contribution in [2.75, 3.05) is 19.0 Å². The molecule has 2 heterocycles. The second-order valence-electron chi connectivity index (χ2n) is 5.61. The maximum absolute atomic E-state index is 12.2. The zero-order valence-electron chi connectivity index (χ0n) is 14.2.